The number of hydrogen-bond donors (Lipinski definition) is 1. The summed E-state index contributed by atoms with van der Waals surface area (Å²) < 4.78 is 26.3. The molecule has 0 spiro atoms. The smallest absolute Gasteiger partial charge is 0.244 e. The molecule has 1 atom stereocenters. The monoisotopic (exact) mass is 269 g/mol. The normalized spacial score (nSPS) is 22.0. The molecule has 1 aliphatic heterocycles. The third-order valence-electron chi connectivity index (χ3n) is 3.26. The van der Waals surface area contributed by atoms with Crippen molar-refractivity contribution in [2.24, 2.45) is 11.7 Å². The number of nitrogens with zero attached hydrogens (tertiary/aromatic N) is 2. The first kappa shape index (κ1) is 13.5. The van der Waals surface area contributed by atoms with E-state index in [1.807, 2.05) is 0 Å². The maximum Gasteiger partial charge on any atom is 0.244 e. The standard InChI is InChI=1S/C12H19N3O2S/c1-10-3-2-6-15(9-10)18(16,17)12-5-4-11(7-13)14-8-12/h4-5,8,10H,2-3,6-7,9,13H2,1H3. The van der Waals surface area contributed by atoms with Crippen LogP contribution in [0.4, 0.5) is 0 Å². The van der Waals surface area contributed by atoms with Crippen molar-refractivity contribution in [1.29, 1.82) is 0 Å². The fraction of sp³-hybridized carbons (Fsp3) is 0.583. The van der Waals surface area contributed by atoms with E-state index in [-0.39, 0.29) is 4.90 Å². The number of pyridine rings is 1. The molecule has 0 bridgehead atoms. The summed E-state index contributed by atoms with van der Waals surface area (Å²) in [6.45, 7) is 3.60. The van der Waals surface area contributed by atoms with Crippen molar-refractivity contribution in [3.63, 3.8) is 0 Å². The fourth-order valence-electron chi connectivity index (χ4n) is 2.20. The molecule has 5 nitrogen and oxygen atoms in total. The summed E-state index contributed by atoms with van der Waals surface area (Å²) >= 11 is 0. The highest BCUT2D eigenvalue weighted by atomic mass is 32.2. The lowest BCUT2D eigenvalue weighted by Crippen LogP contribution is -2.39. The second kappa shape index (κ2) is 5.34. The van der Waals surface area contributed by atoms with E-state index in [1.54, 1.807) is 16.4 Å². The number of sulfonamides is 1. The zero-order valence-electron chi connectivity index (χ0n) is 10.5. The Morgan fingerprint density at radius 2 is 2.28 bits per heavy atom. The zero-order chi connectivity index (χ0) is 13.2. The molecule has 1 aliphatic rings. The SMILES string of the molecule is CC1CCCN(S(=O)(=O)c2ccc(CN)nc2)C1. The first-order valence-electron chi connectivity index (χ1n) is 6.19. The van der Waals surface area contributed by atoms with Crippen LogP contribution in [0.15, 0.2) is 23.2 Å². The lowest BCUT2D eigenvalue weighted by molar-refractivity contribution is 0.281. The molecule has 6 heteroatoms. The van der Waals surface area contributed by atoms with Gasteiger partial charge in [-0.25, -0.2) is 8.42 Å². The van der Waals surface area contributed by atoms with Crippen molar-refractivity contribution in [3.8, 4) is 0 Å². The van der Waals surface area contributed by atoms with E-state index in [2.05, 4.69) is 11.9 Å². The van der Waals surface area contributed by atoms with Crippen molar-refractivity contribution in [2.75, 3.05) is 13.1 Å². The van der Waals surface area contributed by atoms with Gasteiger partial charge in [-0.05, 0) is 30.9 Å². The van der Waals surface area contributed by atoms with Gasteiger partial charge in [0, 0.05) is 25.8 Å². The van der Waals surface area contributed by atoms with E-state index in [1.165, 1.54) is 6.20 Å². The minimum absolute atomic E-state index is 0.258. The number of rotatable bonds is 3. The highest BCUT2D eigenvalue weighted by Gasteiger charge is 2.28. The van der Waals surface area contributed by atoms with Gasteiger partial charge in [0.2, 0.25) is 10.0 Å². The van der Waals surface area contributed by atoms with E-state index in [4.69, 9.17) is 5.73 Å². The number of nitrogens with two attached hydrogens (primary N) is 1. The van der Waals surface area contributed by atoms with Crippen LogP contribution >= 0.6 is 0 Å². The van der Waals surface area contributed by atoms with Crippen LogP contribution in [0.3, 0.4) is 0 Å². The molecule has 1 aromatic rings. The number of aromatic nitrogens is 1. The average Bonchev–Trinajstić information content (AvgIpc) is 2.39. The fourth-order valence-corrected chi connectivity index (χ4v) is 3.74. The first-order valence-corrected chi connectivity index (χ1v) is 7.63. The third-order valence-corrected chi connectivity index (χ3v) is 5.11. The highest BCUT2D eigenvalue weighted by Crippen LogP contribution is 2.22. The molecule has 2 heterocycles. The predicted octanol–water partition coefficient (Wildman–Crippen LogP) is 0.961. The maximum atomic E-state index is 12.4. The number of piperidine rings is 1. The van der Waals surface area contributed by atoms with Crippen molar-refractivity contribution < 1.29 is 8.42 Å². The Kier molecular flexibility index (Phi) is 3.99. The van der Waals surface area contributed by atoms with Crippen LogP contribution < -0.4 is 5.73 Å². The molecule has 1 aromatic heterocycles. The van der Waals surface area contributed by atoms with Crippen LogP contribution in [-0.4, -0.2) is 30.8 Å². The largest absolute Gasteiger partial charge is 0.325 e. The molecule has 2 rings (SSSR count). The molecule has 0 amide bonds. The summed E-state index contributed by atoms with van der Waals surface area (Å²) in [5.74, 6) is 0.421. The molecule has 0 aliphatic carbocycles. The van der Waals surface area contributed by atoms with Gasteiger partial charge in [0.15, 0.2) is 0 Å². The molecular weight excluding hydrogens is 250 g/mol. The quantitative estimate of drug-likeness (QED) is 0.886. The van der Waals surface area contributed by atoms with Gasteiger partial charge in [-0.1, -0.05) is 6.92 Å². The molecule has 1 unspecified atom stereocenters. The van der Waals surface area contributed by atoms with Gasteiger partial charge >= 0.3 is 0 Å². The molecule has 0 saturated carbocycles. The summed E-state index contributed by atoms with van der Waals surface area (Å²) in [6, 6.07) is 3.25. The molecule has 2 N–H and O–H groups in total. The predicted molar refractivity (Wildman–Crippen MR) is 69.3 cm³/mol. The first-order chi connectivity index (χ1) is 8.54. The molecule has 1 fully saturated rings. The lowest BCUT2D eigenvalue weighted by atomic mass is 10.0. The second-order valence-electron chi connectivity index (χ2n) is 4.80. The van der Waals surface area contributed by atoms with Gasteiger partial charge < -0.3 is 5.73 Å². The molecule has 1 saturated heterocycles. The molecule has 18 heavy (non-hydrogen) atoms. The molecular formula is C12H19N3O2S. The van der Waals surface area contributed by atoms with Crippen molar-refractivity contribution in [3.05, 3.63) is 24.0 Å². The van der Waals surface area contributed by atoms with Crippen molar-refractivity contribution in [2.45, 2.75) is 31.2 Å². The summed E-state index contributed by atoms with van der Waals surface area (Å²) in [6.07, 6.45) is 3.42. The van der Waals surface area contributed by atoms with Gasteiger partial charge in [-0.2, -0.15) is 4.31 Å². The molecule has 0 aromatic carbocycles. The van der Waals surface area contributed by atoms with Crippen LogP contribution in [-0.2, 0) is 16.6 Å². The van der Waals surface area contributed by atoms with E-state index in [0.717, 1.165) is 12.8 Å². The molecule has 100 valence electrons. The maximum absolute atomic E-state index is 12.4. The Balaban J connectivity index is 2.23. The number of hydrogen-bond acceptors (Lipinski definition) is 4. The summed E-state index contributed by atoms with van der Waals surface area (Å²) in [5.41, 5.74) is 6.14. The summed E-state index contributed by atoms with van der Waals surface area (Å²) in [7, 11) is -3.39. The van der Waals surface area contributed by atoms with E-state index < -0.39 is 10.0 Å². The van der Waals surface area contributed by atoms with Gasteiger partial charge in [0.1, 0.15) is 4.90 Å². The lowest BCUT2D eigenvalue weighted by Gasteiger charge is -2.29. The average molecular weight is 269 g/mol. The Labute approximate surface area is 108 Å². The van der Waals surface area contributed by atoms with E-state index in [0.29, 0.717) is 31.2 Å². The van der Waals surface area contributed by atoms with E-state index in [9.17, 15) is 8.42 Å². The van der Waals surface area contributed by atoms with Crippen LogP contribution in [0.25, 0.3) is 0 Å². The van der Waals surface area contributed by atoms with Gasteiger partial charge in [0.25, 0.3) is 0 Å². The van der Waals surface area contributed by atoms with Crippen molar-refractivity contribution in [1.82, 2.24) is 9.29 Å². The minimum atomic E-state index is -3.39. The topological polar surface area (TPSA) is 76.3 Å². The Bertz CT molecular complexity index is 499. The third kappa shape index (κ3) is 2.71. The molecule has 0 radical (unpaired) electrons. The Hall–Kier alpha value is -0.980. The van der Waals surface area contributed by atoms with Crippen LogP contribution in [0.5, 0.6) is 0 Å². The van der Waals surface area contributed by atoms with Crippen molar-refractivity contribution >= 4 is 10.0 Å². The van der Waals surface area contributed by atoms with Gasteiger partial charge in [-0.3, -0.25) is 4.98 Å². The Morgan fingerprint density at radius 3 is 2.83 bits per heavy atom. The van der Waals surface area contributed by atoms with Crippen LogP contribution in [0, 0.1) is 5.92 Å². The summed E-state index contributed by atoms with van der Waals surface area (Å²) in [5, 5.41) is 0. The van der Waals surface area contributed by atoms with Crippen LogP contribution in [0.1, 0.15) is 25.5 Å². The highest BCUT2D eigenvalue weighted by molar-refractivity contribution is 7.89. The van der Waals surface area contributed by atoms with Crippen LogP contribution in [0.2, 0.25) is 0 Å². The van der Waals surface area contributed by atoms with Gasteiger partial charge in [-0.15, -0.1) is 0 Å². The van der Waals surface area contributed by atoms with E-state index >= 15 is 0 Å². The minimum Gasteiger partial charge on any atom is -0.325 e. The van der Waals surface area contributed by atoms with Gasteiger partial charge in [0.05, 0.1) is 5.69 Å². The second-order valence-corrected chi connectivity index (χ2v) is 6.74. The zero-order valence-corrected chi connectivity index (χ0v) is 11.4. The summed E-state index contributed by atoms with van der Waals surface area (Å²) in [4.78, 5) is 4.30. The Morgan fingerprint density at radius 1 is 1.50 bits per heavy atom.